The molecular formula is C26H34N4O4S. The van der Waals surface area contributed by atoms with Crippen molar-refractivity contribution in [3.63, 3.8) is 0 Å². The van der Waals surface area contributed by atoms with Crippen molar-refractivity contribution in [1.29, 1.82) is 0 Å². The zero-order chi connectivity index (χ0) is 25.2. The van der Waals surface area contributed by atoms with Gasteiger partial charge in [-0.25, -0.2) is 8.42 Å². The van der Waals surface area contributed by atoms with Gasteiger partial charge in [0.1, 0.15) is 12.6 Å². The average Bonchev–Trinajstić information content (AvgIpc) is 2.87. The summed E-state index contributed by atoms with van der Waals surface area (Å²) in [6, 6.07) is 14.3. The van der Waals surface area contributed by atoms with E-state index in [-0.39, 0.29) is 29.3 Å². The number of carbonyl (C=O) groups excluding carboxylic acids is 2. The van der Waals surface area contributed by atoms with Crippen LogP contribution in [-0.2, 0) is 26.2 Å². The summed E-state index contributed by atoms with van der Waals surface area (Å²) in [6.07, 6.45) is 2.65. The molecule has 8 nitrogen and oxygen atoms in total. The summed E-state index contributed by atoms with van der Waals surface area (Å²) in [7, 11) is -1.99. The van der Waals surface area contributed by atoms with Crippen LogP contribution in [0.4, 0.5) is 11.4 Å². The first kappa shape index (κ1) is 25.2. The number of sulfonamides is 1. The zero-order valence-electron chi connectivity index (χ0n) is 20.7. The molecule has 2 aliphatic rings. The Balaban J connectivity index is 1.69. The minimum Gasteiger partial charge on any atom is -0.358 e. The van der Waals surface area contributed by atoms with Gasteiger partial charge in [0.05, 0.1) is 16.3 Å². The minimum absolute atomic E-state index is 0.131. The quantitative estimate of drug-likeness (QED) is 0.559. The predicted octanol–water partition coefficient (Wildman–Crippen LogP) is 3.08. The lowest BCUT2D eigenvalue weighted by Crippen LogP contribution is -2.57. The SMILES string of the molecule is CCN(CC)S(=O)(=O)c1ccc2c(c1)N(CC(=O)N(C)Cc1ccccc1)C(=O)C1CCCCN21. The van der Waals surface area contributed by atoms with E-state index in [1.165, 1.54) is 9.21 Å². The van der Waals surface area contributed by atoms with Gasteiger partial charge in [-0.2, -0.15) is 4.31 Å². The van der Waals surface area contributed by atoms with Crippen molar-refractivity contribution in [2.75, 3.05) is 43.0 Å². The Hall–Kier alpha value is -2.91. The Morgan fingerprint density at radius 2 is 1.74 bits per heavy atom. The first-order valence-corrected chi connectivity index (χ1v) is 13.7. The van der Waals surface area contributed by atoms with Gasteiger partial charge in [-0.15, -0.1) is 0 Å². The van der Waals surface area contributed by atoms with E-state index in [1.807, 2.05) is 30.3 Å². The molecule has 9 heteroatoms. The van der Waals surface area contributed by atoms with Gasteiger partial charge in [-0.1, -0.05) is 44.2 Å². The second-order valence-electron chi connectivity index (χ2n) is 9.10. The number of likely N-dealkylation sites (N-methyl/N-ethyl adjacent to an activating group) is 1. The highest BCUT2D eigenvalue weighted by Gasteiger charge is 2.41. The standard InChI is InChI=1S/C26H34N4O4S/c1-4-28(5-2)35(33,34)21-14-15-22-24(17-21)30(26(32)23-13-9-10-16-29(22)23)19-25(31)27(3)18-20-11-7-6-8-12-20/h6-8,11-12,14-15,17,23H,4-5,9-10,13,16,18-19H2,1-3H3. The van der Waals surface area contributed by atoms with Crippen molar-refractivity contribution in [3.8, 4) is 0 Å². The highest BCUT2D eigenvalue weighted by Crippen LogP contribution is 2.41. The molecule has 0 N–H and O–H groups in total. The fourth-order valence-electron chi connectivity index (χ4n) is 4.98. The molecule has 2 heterocycles. The van der Waals surface area contributed by atoms with E-state index in [1.54, 1.807) is 44.0 Å². The topological polar surface area (TPSA) is 81.2 Å². The van der Waals surface area contributed by atoms with E-state index in [0.717, 1.165) is 37.1 Å². The van der Waals surface area contributed by atoms with Gasteiger partial charge >= 0.3 is 0 Å². The van der Waals surface area contributed by atoms with Gasteiger partial charge in [-0.05, 0) is 43.0 Å². The smallest absolute Gasteiger partial charge is 0.250 e. The average molecular weight is 499 g/mol. The number of piperidine rings is 1. The molecule has 2 aromatic rings. The first-order chi connectivity index (χ1) is 16.8. The van der Waals surface area contributed by atoms with Crippen LogP contribution in [0.15, 0.2) is 53.4 Å². The summed E-state index contributed by atoms with van der Waals surface area (Å²) in [6.45, 7) is 5.35. The summed E-state index contributed by atoms with van der Waals surface area (Å²) < 4.78 is 27.8. The molecule has 188 valence electrons. The molecule has 1 saturated heterocycles. The molecule has 0 spiro atoms. The van der Waals surface area contributed by atoms with Crippen LogP contribution in [0.1, 0.15) is 38.7 Å². The summed E-state index contributed by atoms with van der Waals surface area (Å²) in [4.78, 5) is 32.1. The lowest BCUT2D eigenvalue weighted by Gasteiger charge is -2.45. The fourth-order valence-corrected chi connectivity index (χ4v) is 6.45. The molecule has 4 rings (SSSR count). The largest absolute Gasteiger partial charge is 0.358 e. The molecule has 2 aliphatic heterocycles. The van der Waals surface area contributed by atoms with Crippen molar-refractivity contribution < 1.29 is 18.0 Å². The number of fused-ring (bicyclic) bond motifs is 3. The van der Waals surface area contributed by atoms with Crippen LogP contribution in [0.2, 0.25) is 0 Å². The molecule has 0 aromatic heterocycles. The van der Waals surface area contributed by atoms with Crippen LogP contribution in [0.25, 0.3) is 0 Å². The van der Waals surface area contributed by atoms with E-state index in [4.69, 9.17) is 0 Å². The van der Waals surface area contributed by atoms with Gasteiger partial charge in [-0.3, -0.25) is 14.5 Å². The third kappa shape index (κ3) is 4.92. The Morgan fingerprint density at radius 3 is 2.43 bits per heavy atom. The third-order valence-corrected chi connectivity index (χ3v) is 8.97. The molecule has 2 amide bonds. The zero-order valence-corrected chi connectivity index (χ0v) is 21.5. The number of carbonyl (C=O) groups is 2. The van der Waals surface area contributed by atoms with Gasteiger partial charge < -0.3 is 9.80 Å². The van der Waals surface area contributed by atoms with Crippen molar-refractivity contribution >= 4 is 33.2 Å². The highest BCUT2D eigenvalue weighted by molar-refractivity contribution is 7.89. The monoisotopic (exact) mass is 498 g/mol. The van der Waals surface area contributed by atoms with Crippen molar-refractivity contribution in [2.45, 2.75) is 50.6 Å². The van der Waals surface area contributed by atoms with E-state index in [2.05, 4.69) is 4.90 Å². The number of rotatable bonds is 8. The molecule has 0 bridgehead atoms. The van der Waals surface area contributed by atoms with Crippen molar-refractivity contribution in [3.05, 3.63) is 54.1 Å². The normalized spacial score (nSPS) is 17.8. The van der Waals surface area contributed by atoms with Gasteiger partial charge in [0.15, 0.2) is 0 Å². The fraction of sp³-hybridized carbons (Fsp3) is 0.462. The molecule has 1 atom stereocenters. The van der Waals surface area contributed by atoms with Crippen LogP contribution in [-0.4, -0.2) is 68.7 Å². The molecular weight excluding hydrogens is 464 g/mol. The van der Waals surface area contributed by atoms with Crippen LogP contribution in [0.3, 0.4) is 0 Å². The highest BCUT2D eigenvalue weighted by atomic mass is 32.2. The number of hydrogen-bond acceptors (Lipinski definition) is 5. The predicted molar refractivity (Wildman–Crippen MR) is 137 cm³/mol. The molecule has 2 aromatic carbocycles. The van der Waals surface area contributed by atoms with E-state index in [9.17, 15) is 18.0 Å². The molecule has 35 heavy (non-hydrogen) atoms. The second kappa shape index (κ2) is 10.4. The van der Waals surface area contributed by atoms with Crippen LogP contribution < -0.4 is 9.80 Å². The summed E-state index contributed by atoms with van der Waals surface area (Å²) in [5.41, 5.74) is 2.30. The number of nitrogens with zero attached hydrogens (tertiary/aromatic N) is 4. The Kier molecular flexibility index (Phi) is 7.47. The Bertz CT molecular complexity index is 1180. The summed E-state index contributed by atoms with van der Waals surface area (Å²) >= 11 is 0. The maximum Gasteiger partial charge on any atom is 0.250 e. The van der Waals surface area contributed by atoms with E-state index in [0.29, 0.717) is 25.3 Å². The maximum absolute atomic E-state index is 13.6. The van der Waals surface area contributed by atoms with Gasteiger partial charge in [0.25, 0.3) is 0 Å². The van der Waals surface area contributed by atoms with Crippen LogP contribution in [0.5, 0.6) is 0 Å². The molecule has 0 radical (unpaired) electrons. The van der Waals surface area contributed by atoms with Crippen LogP contribution >= 0.6 is 0 Å². The minimum atomic E-state index is -3.71. The maximum atomic E-state index is 13.6. The molecule has 1 fully saturated rings. The summed E-state index contributed by atoms with van der Waals surface area (Å²) in [5.74, 6) is -0.342. The molecule has 1 unspecified atom stereocenters. The number of benzene rings is 2. The number of anilines is 2. The third-order valence-electron chi connectivity index (χ3n) is 6.93. The van der Waals surface area contributed by atoms with Gasteiger partial charge in [0, 0.05) is 33.2 Å². The number of hydrogen-bond donors (Lipinski definition) is 0. The van der Waals surface area contributed by atoms with Gasteiger partial charge in [0.2, 0.25) is 21.8 Å². The first-order valence-electron chi connectivity index (χ1n) is 12.3. The van der Waals surface area contributed by atoms with Crippen molar-refractivity contribution in [1.82, 2.24) is 9.21 Å². The van der Waals surface area contributed by atoms with E-state index >= 15 is 0 Å². The van der Waals surface area contributed by atoms with Crippen LogP contribution in [0, 0.1) is 0 Å². The summed E-state index contributed by atoms with van der Waals surface area (Å²) in [5, 5.41) is 0. The Labute approximate surface area is 208 Å². The lowest BCUT2D eigenvalue weighted by molar-refractivity contribution is -0.131. The van der Waals surface area contributed by atoms with E-state index < -0.39 is 10.0 Å². The molecule has 0 saturated carbocycles. The Morgan fingerprint density at radius 1 is 1.03 bits per heavy atom. The number of amides is 2. The van der Waals surface area contributed by atoms with Crippen molar-refractivity contribution in [2.24, 2.45) is 0 Å². The lowest BCUT2D eigenvalue weighted by atomic mass is 9.96. The second-order valence-corrected chi connectivity index (χ2v) is 11.0. The molecule has 0 aliphatic carbocycles.